The Morgan fingerprint density at radius 1 is 1.14 bits per heavy atom. The van der Waals surface area contributed by atoms with Gasteiger partial charge in [0.25, 0.3) is 5.91 Å². The first-order chi connectivity index (χ1) is 16.6. The number of carbonyl (C=O) groups is 1. The molecule has 0 aliphatic carbocycles. The van der Waals surface area contributed by atoms with Gasteiger partial charge in [-0.1, -0.05) is 6.92 Å². The van der Waals surface area contributed by atoms with Gasteiger partial charge in [0, 0.05) is 37.3 Å². The summed E-state index contributed by atoms with van der Waals surface area (Å²) in [6, 6.07) is 4.61. The molecular formula is C24H21F5N4O2. The fourth-order valence-corrected chi connectivity index (χ4v) is 4.11. The molecule has 1 fully saturated rings. The van der Waals surface area contributed by atoms with Crippen molar-refractivity contribution < 1.29 is 31.5 Å². The normalized spacial score (nSPS) is 18.4. The Balaban J connectivity index is 1.60. The van der Waals surface area contributed by atoms with Crippen LogP contribution in [0.15, 0.2) is 48.9 Å². The Labute approximate surface area is 197 Å². The van der Waals surface area contributed by atoms with E-state index in [0.717, 1.165) is 24.6 Å². The summed E-state index contributed by atoms with van der Waals surface area (Å²) in [6.07, 6.45) is 0.352. The highest BCUT2D eigenvalue weighted by Gasteiger charge is 2.35. The summed E-state index contributed by atoms with van der Waals surface area (Å²) >= 11 is 0. The van der Waals surface area contributed by atoms with Gasteiger partial charge in [0.1, 0.15) is 18.2 Å². The maximum Gasteiger partial charge on any atom is 0.417 e. The van der Waals surface area contributed by atoms with Gasteiger partial charge in [0.05, 0.1) is 22.7 Å². The van der Waals surface area contributed by atoms with E-state index < -0.39 is 35.3 Å². The van der Waals surface area contributed by atoms with Crippen molar-refractivity contribution in [2.45, 2.75) is 32.0 Å². The van der Waals surface area contributed by atoms with Crippen molar-refractivity contribution in [3.63, 3.8) is 0 Å². The van der Waals surface area contributed by atoms with Gasteiger partial charge >= 0.3 is 6.18 Å². The molecule has 0 N–H and O–H groups in total. The number of aromatic nitrogens is 3. The van der Waals surface area contributed by atoms with E-state index in [1.807, 2.05) is 6.92 Å². The lowest BCUT2D eigenvalue weighted by Crippen LogP contribution is -2.50. The molecule has 0 spiro atoms. The Hall–Kier alpha value is -3.63. The van der Waals surface area contributed by atoms with E-state index in [1.54, 1.807) is 0 Å². The summed E-state index contributed by atoms with van der Waals surface area (Å²) < 4.78 is 72.9. The smallest absolute Gasteiger partial charge is 0.417 e. The number of benzene rings is 1. The fourth-order valence-electron chi connectivity index (χ4n) is 4.11. The number of likely N-dealkylation sites (tertiary alicyclic amines) is 1. The van der Waals surface area contributed by atoms with Crippen molar-refractivity contribution in [2.75, 3.05) is 13.2 Å². The molecule has 6 nitrogen and oxygen atoms in total. The molecule has 1 amide bonds. The quantitative estimate of drug-likeness (QED) is 0.461. The lowest BCUT2D eigenvalue weighted by atomic mass is 9.90. The summed E-state index contributed by atoms with van der Waals surface area (Å²) in [7, 11) is 0. The van der Waals surface area contributed by atoms with Crippen LogP contribution in [0, 0.1) is 17.6 Å². The third-order valence-corrected chi connectivity index (χ3v) is 5.92. The topological polar surface area (TPSA) is 68.2 Å². The zero-order chi connectivity index (χ0) is 25.2. The van der Waals surface area contributed by atoms with Gasteiger partial charge in [-0.05, 0) is 37.0 Å². The van der Waals surface area contributed by atoms with Gasteiger partial charge in [-0.3, -0.25) is 4.79 Å². The molecule has 35 heavy (non-hydrogen) atoms. The molecule has 1 aliphatic heterocycles. The van der Waals surface area contributed by atoms with E-state index in [9.17, 15) is 26.7 Å². The maximum atomic E-state index is 14.8. The summed E-state index contributed by atoms with van der Waals surface area (Å²) in [5.74, 6) is -2.63. The number of hydrogen-bond acceptors (Lipinski definition) is 5. The summed E-state index contributed by atoms with van der Waals surface area (Å²) in [5, 5.41) is 0. The molecule has 1 saturated heterocycles. The SMILES string of the molecule is C[C@@H]1CCCN(C(=O)c2cc(F)cc(F)c2-c2ncccn2)[C@@H]1COc1ccc(C(F)(F)F)cn1. The summed E-state index contributed by atoms with van der Waals surface area (Å²) in [6.45, 7) is 2.16. The molecular weight excluding hydrogens is 471 g/mol. The number of pyridine rings is 1. The number of alkyl halides is 3. The van der Waals surface area contributed by atoms with Gasteiger partial charge in [-0.15, -0.1) is 0 Å². The van der Waals surface area contributed by atoms with E-state index >= 15 is 0 Å². The number of amides is 1. The average molecular weight is 492 g/mol. The molecule has 3 aromatic rings. The van der Waals surface area contributed by atoms with Crippen LogP contribution in [0.4, 0.5) is 22.0 Å². The van der Waals surface area contributed by atoms with Gasteiger partial charge in [0.15, 0.2) is 5.82 Å². The molecule has 1 aliphatic rings. The van der Waals surface area contributed by atoms with Crippen LogP contribution in [0.5, 0.6) is 5.88 Å². The second kappa shape index (κ2) is 9.93. The predicted molar refractivity (Wildman–Crippen MR) is 115 cm³/mol. The monoisotopic (exact) mass is 492 g/mol. The molecule has 0 unspecified atom stereocenters. The van der Waals surface area contributed by atoms with Crippen molar-refractivity contribution in [3.05, 3.63) is 71.7 Å². The molecule has 0 radical (unpaired) electrons. The van der Waals surface area contributed by atoms with E-state index in [2.05, 4.69) is 15.0 Å². The number of nitrogens with zero attached hydrogens (tertiary/aromatic N) is 4. The first kappa shape index (κ1) is 24.5. The average Bonchev–Trinajstić information content (AvgIpc) is 2.82. The third kappa shape index (κ3) is 5.39. The second-order valence-electron chi connectivity index (χ2n) is 8.26. The second-order valence-corrected chi connectivity index (χ2v) is 8.26. The van der Waals surface area contributed by atoms with Crippen LogP contribution in [-0.4, -0.2) is 45.0 Å². The predicted octanol–water partition coefficient (Wildman–Crippen LogP) is 5.16. The lowest BCUT2D eigenvalue weighted by molar-refractivity contribution is -0.137. The van der Waals surface area contributed by atoms with Crippen LogP contribution >= 0.6 is 0 Å². The van der Waals surface area contributed by atoms with E-state index in [4.69, 9.17) is 4.74 Å². The van der Waals surface area contributed by atoms with Crippen LogP contribution in [-0.2, 0) is 6.18 Å². The fraction of sp³-hybridized carbons (Fsp3) is 0.333. The number of ether oxygens (including phenoxy) is 1. The van der Waals surface area contributed by atoms with Crippen LogP contribution in [0.2, 0.25) is 0 Å². The van der Waals surface area contributed by atoms with Crippen LogP contribution in [0.25, 0.3) is 11.4 Å². The first-order valence-electron chi connectivity index (χ1n) is 10.9. The minimum absolute atomic E-state index is 0.0293. The number of piperidine rings is 1. The van der Waals surface area contributed by atoms with Gasteiger partial charge in [0.2, 0.25) is 5.88 Å². The molecule has 1 aromatic carbocycles. The molecule has 11 heteroatoms. The van der Waals surface area contributed by atoms with E-state index in [1.165, 1.54) is 23.4 Å². The molecule has 184 valence electrons. The molecule has 2 aromatic heterocycles. The third-order valence-electron chi connectivity index (χ3n) is 5.92. The van der Waals surface area contributed by atoms with Gasteiger partial charge < -0.3 is 9.64 Å². The van der Waals surface area contributed by atoms with Crippen LogP contribution in [0.1, 0.15) is 35.7 Å². The van der Waals surface area contributed by atoms with Gasteiger partial charge in [-0.2, -0.15) is 13.2 Å². The minimum Gasteiger partial charge on any atom is -0.475 e. The Kier molecular flexibility index (Phi) is 6.95. The number of halogens is 5. The first-order valence-corrected chi connectivity index (χ1v) is 10.9. The Morgan fingerprint density at radius 3 is 2.54 bits per heavy atom. The van der Waals surface area contributed by atoms with Crippen molar-refractivity contribution in [1.29, 1.82) is 0 Å². The summed E-state index contributed by atoms with van der Waals surface area (Å²) in [4.78, 5) is 26.7. The largest absolute Gasteiger partial charge is 0.475 e. The standard InChI is InChI=1S/C24H21F5N4O2/c1-14-4-2-9-33(19(14)13-35-20-6-5-15(12-32-20)24(27,28)29)23(34)17-10-16(25)11-18(26)21(17)22-30-7-3-8-31-22/h3,5-8,10-12,14,19H,2,4,9,13H2,1H3/t14-,19-/m1/s1. The number of hydrogen-bond donors (Lipinski definition) is 0. The van der Waals surface area contributed by atoms with E-state index in [0.29, 0.717) is 25.2 Å². The molecule has 0 saturated carbocycles. The highest BCUT2D eigenvalue weighted by Crippen LogP contribution is 2.32. The molecule has 4 rings (SSSR count). The van der Waals surface area contributed by atoms with E-state index in [-0.39, 0.29) is 35.4 Å². The van der Waals surface area contributed by atoms with Crippen molar-refractivity contribution >= 4 is 5.91 Å². The highest BCUT2D eigenvalue weighted by molar-refractivity contribution is 6.00. The summed E-state index contributed by atoms with van der Waals surface area (Å²) in [5.41, 5.74) is -1.34. The molecule has 3 heterocycles. The maximum absolute atomic E-state index is 14.8. The Morgan fingerprint density at radius 2 is 1.89 bits per heavy atom. The molecule has 0 bridgehead atoms. The number of carbonyl (C=O) groups excluding carboxylic acids is 1. The molecule has 2 atom stereocenters. The lowest BCUT2D eigenvalue weighted by Gasteiger charge is -2.40. The van der Waals surface area contributed by atoms with Crippen molar-refractivity contribution in [3.8, 4) is 17.3 Å². The van der Waals surface area contributed by atoms with Gasteiger partial charge in [-0.25, -0.2) is 23.7 Å². The van der Waals surface area contributed by atoms with Crippen molar-refractivity contribution in [1.82, 2.24) is 19.9 Å². The van der Waals surface area contributed by atoms with Crippen LogP contribution in [0.3, 0.4) is 0 Å². The zero-order valence-corrected chi connectivity index (χ0v) is 18.6. The Bertz CT molecular complexity index is 1190. The zero-order valence-electron chi connectivity index (χ0n) is 18.6. The minimum atomic E-state index is -4.52. The van der Waals surface area contributed by atoms with Crippen LogP contribution < -0.4 is 4.74 Å². The number of rotatable bonds is 5. The highest BCUT2D eigenvalue weighted by atomic mass is 19.4. The van der Waals surface area contributed by atoms with Crippen molar-refractivity contribution in [2.24, 2.45) is 5.92 Å².